The lowest BCUT2D eigenvalue weighted by Crippen LogP contribution is -2.51. The zero-order valence-electron chi connectivity index (χ0n) is 14.0. The third-order valence-electron chi connectivity index (χ3n) is 4.71. The smallest absolute Gasteiger partial charge is 0.253 e. The Balaban J connectivity index is 2.15. The molecule has 1 aliphatic rings. The third-order valence-corrected chi connectivity index (χ3v) is 4.71. The highest BCUT2D eigenvalue weighted by Gasteiger charge is 2.32. The Bertz CT molecular complexity index is 537. The molecule has 2 atom stereocenters. The summed E-state index contributed by atoms with van der Waals surface area (Å²) in [4.78, 5) is 28.2. The molecule has 2 unspecified atom stereocenters. The summed E-state index contributed by atoms with van der Waals surface area (Å²) in [6.45, 7) is 1.53. The molecule has 1 fully saturated rings. The fraction of sp³-hybridized carbons (Fsp3) is 0.556. The van der Waals surface area contributed by atoms with E-state index < -0.39 is 0 Å². The van der Waals surface area contributed by atoms with E-state index in [2.05, 4.69) is 19.0 Å². The van der Waals surface area contributed by atoms with E-state index in [0.29, 0.717) is 17.2 Å². The van der Waals surface area contributed by atoms with E-state index in [1.807, 2.05) is 11.9 Å². The van der Waals surface area contributed by atoms with Crippen LogP contribution < -0.4 is 0 Å². The van der Waals surface area contributed by atoms with Crippen LogP contribution in [0.2, 0.25) is 0 Å². The lowest BCUT2D eigenvalue weighted by molar-refractivity contribution is 0.0544. The van der Waals surface area contributed by atoms with Gasteiger partial charge in [-0.05, 0) is 46.0 Å². The van der Waals surface area contributed by atoms with Crippen molar-refractivity contribution in [3.8, 4) is 0 Å². The van der Waals surface area contributed by atoms with Crippen molar-refractivity contribution < 1.29 is 9.59 Å². The van der Waals surface area contributed by atoms with E-state index in [9.17, 15) is 9.59 Å². The molecule has 0 heterocycles. The summed E-state index contributed by atoms with van der Waals surface area (Å²) < 4.78 is 0. The molecule has 2 rings (SSSR count). The van der Waals surface area contributed by atoms with E-state index >= 15 is 0 Å². The van der Waals surface area contributed by atoms with Gasteiger partial charge in [-0.1, -0.05) is 25.0 Å². The number of amides is 1. The molecular formula is C18H26N2O2. The van der Waals surface area contributed by atoms with Crippen LogP contribution in [0, 0.1) is 0 Å². The Kier molecular flexibility index (Phi) is 5.35. The van der Waals surface area contributed by atoms with Crippen molar-refractivity contribution in [3.63, 3.8) is 0 Å². The predicted octanol–water partition coefficient (Wildman–Crippen LogP) is 2.83. The van der Waals surface area contributed by atoms with Crippen LogP contribution in [0.3, 0.4) is 0 Å². The summed E-state index contributed by atoms with van der Waals surface area (Å²) in [7, 11) is 6.07. The molecule has 0 bridgehead atoms. The van der Waals surface area contributed by atoms with Gasteiger partial charge >= 0.3 is 0 Å². The largest absolute Gasteiger partial charge is 0.337 e. The van der Waals surface area contributed by atoms with Gasteiger partial charge in [-0.3, -0.25) is 9.59 Å². The average molecular weight is 302 g/mol. The van der Waals surface area contributed by atoms with Crippen LogP contribution in [0.5, 0.6) is 0 Å². The maximum absolute atomic E-state index is 12.7. The molecule has 1 saturated carbocycles. The Morgan fingerprint density at radius 3 is 1.91 bits per heavy atom. The number of Topliss-reactive ketones (excluding diaryl/α,β-unsaturated/α-hetero) is 1. The van der Waals surface area contributed by atoms with Crippen molar-refractivity contribution in [2.45, 2.75) is 44.7 Å². The molecule has 0 aromatic heterocycles. The number of benzene rings is 1. The quantitative estimate of drug-likeness (QED) is 0.803. The molecule has 120 valence electrons. The van der Waals surface area contributed by atoms with Crippen molar-refractivity contribution in [2.75, 3.05) is 21.1 Å². The molecular weight excluding hydrogens is 276 g/mol. The Labute approximate surface area is 133 Å². The zero-order chi connectivity index (χ0) is 16.3. The van der Waals surface area contributed by atoms with Gasteiger partial charge in [0.2, 0.25) is 0 Å². The van der Waals surface area contributed by atoms with Crippen molar-refractivity contribution >= 4 is 11.7 Å². The highest BCUT2D eigenvalue weighted by Crippen LogP contribution is 2.26. The zero-order valence-corrected chi connectivity index (χ0v) is 14.0. The van der Waals surface area contributed by atoms with Crippen LogP contribution >= 0.6 is 0 Å². The van der Waals surface area contributed by atoms with Crippen LogP contribution in [0.4, 0.5) is 0 Å². The molecule has 0 radical (unpaired) electrons. The van der Waals surface area contributed by atoms with Crippen LogP contribution in [-0.2, 0) is 0 Å². The maximum Gasteiger partial charge on any atom is 0.253 e. The topological polar surface area (TPSA) is 40.6 Å². The molecule has 22 heavy (non-hydrogen) atoms. The summed E-state index contributed by atoms with van der Waals surface area (Å²) in [5.74, 6) is 0.0566. The van der Waals surface area contributed by atoms with Gasteiger partial charge in [0.05, 0.1) is 0 Å². The van der Waals surface area contributed by atoms with Crippen molar-refractivity contribution in [2.24, 2.45) is 0 Å². The first kappa shape index (κ1) is 16.7. The Morgan fingerprint density at radius 2 is 1.41 bits per heavy atom. The van der Waals surface area contributed by atoms with E-state index in [-0.39, 0.29) is 17.7 Å². The standard InChI is InChI=1S/C18H26N2O2/c1-13(21)14-9-11-15(12-10-14)18(22)20(4)17-8-6-5-7-16(17)19(2)3/h9-12,16-17H,5-8H2,1-4H3. The number of hydrogen-bond donors (Lipinski definition) is 0. The number of carbonyl (C=O) groups is 2. The lowest BCUT2D eigenvalue weighted by Gasteiger charge is -2.41. The molecule has 0 aliphatic heterocycles. The third kappa shape index (κ3) is 3.55. The second-order valence-electron chi connectivity index (χ2n) is 6.43. The van der Waals surface area contributed by atoms with E-state index in [0.717, 1.165) is 12.8 Å². The van der Waals surface area contributed by atoms with Crippen molar-refractivity contribution in [1.82, 2.24) is 9.80 Å². The van der Waals surface area contributed by atoms with Gasteiger partial charge in [-0.25, -0.2) is 0 Å². The number of ketones is 1. The van der Waals surface area contributed by atoms with Gasteiger partial charge in [0.25, 0.3) is 5.91 Å². The van der Waals surface area contributed by atoms with E-state index in [1.54, 1.807) is 24.3 Å². The number of hydrogen-bond acceptors (Lipinski definition) is 3. The Hall–Kier alpha value is -1.68. The fourth-order valence-electron chi connectivity index (χ4n) is 3.35. The van der Waals surface area contributed by atoms with Crippen LogP contribution in [0.25, 0.3) is 0 Å². The second-order valence-corrected chi connectivity index (χ2v) is 6.43. The number of carbonyl (C=O) groups excluding carboxylic acids is 2. The fourth-order valence-corrected chi connectivity index (χ4v) is 3.35. The minimum atomic E-state index is 0.0207. The molecule has 4 nitrogen and oxygen atoms in total. The number of rotatable bonds is 4. The molecule has 1 aliphatic carbocycles. The van der Waals surface area contributed by atoms with E-state index in [1.165, 1.54) is 19.8 Å². The van der Waals surface area contributed by atoms with Crippen LogP contribution in [0.1, 0.15) is 53.3 Å². The van der Waals surface area contributed by atoms with Crippen molar-refractivity contribution in [1.29, 1.82) is 0 Å². The summed E-state index contributed by atoms with van der Waals surface area (Å²) in [5.41, 5.74) is 1.29. The number of nitrogens with zero attached hydrogens (tertiary/aromatic N) is 2. The molecule has 4 heteroatoms. The van der Waals surface area contributed by atoms with Crippen molar-refractivity contribution in [3.05, 3.63) is 35.4 Å². The van der Waals surface area contributed by atoms with Gasteiger partial charge < -0.3 is 9.80 Å². The second kappa shape index (κ2) is 7.05. The first-order valence-electron chi connectivity index (χ1n) is 7.96. The van der Waals surface area contributed by atoms with E-state index in [4.69, 9.17) is 0 Å². The maximum atomic E-state index is 12.7. The van der Waals surface area contributed by atoms with Gasteiger partial charge in [0.1, 0.15) is 0 Å². The molecule has 0 N–H and O–H groups in total. The molecule has 0 spiro atoms. The first-order chi connectivity index (χ1) is 10.4. The van der Waals surface area contributed by atoms with Crippen LogP contribution in [0.15, 0.2) is 24.3 Å². The average Bonchev–Trinajstić information content (AvgIpc) is 2.53. The van der Waals surface area contributed by atoms with Gasteiger partial charge in [0, 0.05) is 30.3 Å². The summed E-state index contributed by atoms with van der Waals surface area (Å²) in [5, 5.41) is 0. The Morgan fingerprint density at radius 1 is 0.909 bits per heavy atom. The normalized spacial score (nSPS) is 21.7. The monoisotopic (exact) mass is 302 g/mol. The summed E-state index contributed by atoms with van der Waals surface area (Å²) in [6.07, 6.45) is 4.60. The molecule has 1 aromatic carbocycles. The first-order valence-corrected chi connectivity index (χ1v) is 7.96. The van der Waals surface area contributed by atoms with Crippen LogP contribution in [-0.4, -0.2) is 54.7 Å². The predicted molar refractivity (Wildman–Crippen MR) is 88.3 cm³/mol. The highest BCUT2D eigenvalue weighted by atomic mass is 16.2. The van der Waals surface area contributed by atoms with Gasteiger partial charge in [0.15, 0.2) is 5.78 Å². The minimum Gasteiger partial charge on any atom is -0.337 e. The molecule has 0 saturated heterocycles. The van der Waals surface area contributed by atoms with Gasteiger partial charge in [-0.15, -0.1) is 0 Å². The minimum absolute atomic E-state index is 0.0207. The number of likely N-dealkylation sites (N-methyl/N-ethyl adjacent to an activating group) is 2. The SMILES string of the molecule is CC(=O)c1ccc(C(=O)N(C)C2CCCCC2N(C)C)cc1. The summed E-state index contributed by atoms with van der Waals surface area (Å²) >= 11 is 0. The summed E-state index contributed by atoms with van der Waals surface area (Å²) in [6, 6.07) is 7.64. The van der Waals surface area contributed by atoms with Gasteiger partial charge in [-0.2, -0.15) is 0 Å². The molecule has 1 aromatic rings. The lowest BCUT2D eigenvalue weighted by atomic mass is 9.88. The molecule has 1 amide bonds. The highest BCUT2D eigenvalue weighted by molar-refractivity contribution is 5.97.